The Morgan fingerprint density at radius 1 is 0.917 bits per heavy atom. The summed E-state index contributed by atoms with van der Waals surface area (Å²) in [5.74, 6) is -0.0315. The van der Waals surface area contributed by atoms with Gasteiger partial charge in [-0.15, -0.1) is 0 Å². The van der Waals surface area contributed by atoms with Crippen LogP contribution in [0.3, 0.4) is 0 Å². The fourth-order valence-electron chi connectivity index (χ4n) is 4.31. The van der Waals surface area contributed by atoms with Crippen molar-refractivity contribution in [1.82, 2.24) is 35.1 Å². The van der Waals surface area contributed by atoms with E-state index in [-0.39, 0.29) is 5.91 Å². The molecule has 1 amide bonds. The van der Waals surface area contributed by atoms with Gasteiger partial charge < -0.3 is 10.3 Å². The number of fused-ring (bicyclic) bond motifs is 2. The van der Waals surface area contributed by atoms with E-state index in [1.54, 1.807) is 24.8 Å². The average Bonchev–Trinajstić information content (AvgIpc) is 3.53. The number of carbonyl (C=O) groups is 1. The van der Waals surface area contributed by atoms with Crippen LogP contribution in [0, 0.1) is 0 Å². The third kappa shape index (κ3) is 3.96. The molecule has 6 aromatic heterocycles. The van der Waals surface area contributed by atoms with Crippen molar-refractivity contribution in [3.8, 4) is 33.8 Å². The molecule has 0 aliphatic heterocycles. The summed E-state index contributed by atoms with van der Waals surface area (Å²) in [6, 6.07) is 9.87. The minimum absolute atomic E-state index is 0.0315. The van der Waals surface area contributed by atoms with Gasteiger partial charge in [-0.25, -0.2) is 0 Å². The minimum atomic E-state index is -0.0315. The van der Waals surface area contributed by atoms with Crippen LogP contribution in [0.5, 0.6) is 0 Å². The van der Waals surface area contributed by atoms with E-state index >= 15 is 0 Å². The quantitative estimate of drug-likeness (QED) is 0.298. The van der Waals surface area contributed by atoms with Gasteiger partial charge in [-0.2, -0.15) is 5.10 Å². The fraction of sp³-hybridized carbons (Fsp3) is 0.111. The number of aromatic amines is 2. The van der Waals surface area contributed by atoms with Crippen LogP contribution in [0.1, 0.15) is 19.8 Å². The highest BCUT2D eigenvalue weighted by atomic mass is 16.1. The third-order valence-corrected chi connectivity index (χ3v) is 6.02. The maximum atomic E-state index is 12.0. The number of hydrogen-bond acceptors (Lipinski definition) is 6. The molecule has 0 unspecified atom stereocenters. The van der Waals surface area contributed by atoms with Crippen molar-refractivity contribution in [1.29, 1.82) is 0 Å². The molecule has 9 nitrogen and oxygen atoms in total. The molecule has 6 heterocycles. The molecule has 0 radical (unpaired) electrons. The molecule has 0 aromatic carbocycles. The van der Waals surface area contributed by atoms with Crippen molar-refractivity contribution in [2.75, 3.05) is 5.32 Å². The molecule has 176 valence electrons. The van der Waals surface area contributed by atoms with Crippen LogP contribution >= 0.6 is 0 Å². The van der Waals surface area contributed by atoms with Crippen molar-refractivity contribution in [3.63, 3.8) is 0 Å². The van der Waals surface area contributed by atoms with Crippen molar-refractivity contribution in [3.05, 3.63) is 73.7 Å². The van der Waals surface area contributed by atoms with Gasteiger partial charge in [0.2, 0.25) is 5.91 Å². The molecule has 0 aliphatic rings. The second kappa shape index (κ2) is 9.03. The van der Waals surface area contributed by atoms with Crippen LogP contribution in [0.4, 0.5) is 5.69 Å². The summed E-state index contributed by atoms with van der Waals surface area (Å²) in [5.41, 5.74) is 7.56. The SMILES string of the molecule is CCCC(=O)Nc1cncc(-c2cc3c(-c4cc5c(-c6cccnc6)cncc5[nH]4)n[nH]c3cn2)c1. The van der Waals surface area contributed by atoms with Crippen LogP contribution < -0.4 is 5.32 Å². The summed E-state index contributed by atoms with van der Waals surface area (Å²) in [6.07, 6.45) is 13.6. The first-order valence-electron chi connectivity index (χ1n) is 11.7. The standard InChI is InChI=1S/C27H22N8O/c1-2-4-26(36)32-18-7-17(11-29-12-18)22-9-20-25(15-31-22)34-35-27(20)23-8-19-21(13-30-14-24(19)33-23)16-5-3-6-28-10-16/h3,5-15,33H,2,4H2,1H3,(H,32,36)(H,34,35). The Morgan fingerprint density at radius 3 is 2.67 bits per heavy atom. The zero-order chi connectivity index (χ0) is 24.5. The van der Waals surface area contributed by atoms with Crippen LogP contribution in [0.2, 0.25) is 0 Å². The first-order valence-corrected chi connectivity index (χ1v) is 11.7. The number of nitrogens with zero attached hydrogens (tertiary/aromatic N) is 5. The van der Waals surface area contributed by atoms with Crippen LogP contribution in [0.25, 0.3) is 55.6 Å². The number of aromatic nitrogens is 7. The third-order valence-electron chi connectivity index (χ3n) is 6.02. The lowest BCUT2D eigenvalue weighted by Crippen LogP contribution is -2.10. The fourth-order valence-corrected chi connectivity index (χ4v) is 4.31. The second-order valence-corrected chi connectivity index (χ2v) is 8.52. The van der Waals surface area contributed by atoms with E-state index in [9.17, 15) is 4.79 Å². The predicted molar refractivity (Wildman–Crippen MR) is 139 cm³/mol. The van der Waals surface area contributed by atoms with Gasteiger partial charge in [-0.05, 0) is 30.7 Å². The molecule has 0 saturated carbocycles. The van der Waals surface area contributed by atoms with Crippen LogP contribution in [-0.2, 0) is 4.79 Å². The molecule has 0 spiro atoms. The molecular weight excluding hydrogens is 452 g/mol. The molecule has 9 heteroatoms. The molecule has 6 aromatic rings. The number of nitrogens with one attached hydrogen (secondary N) is 3. The van der Waals surface area contributed by atoms with E-state index in [0.29, 0.717) is 12.1 Å². The maximum absolute atomic E-state index is 12.0. The molecule has 0 bridgehead atoms. The molecular formula is C27H22N8O. The van der Waals surface area contributed by atoms with Gasteiger partial charge in [0.25, 0.3) is 0 Å². The number of carbonyl (C=O) groups excluding carboxylic acids is 1. The lowest BCUT2D eigenvalue weighted by atomic mass is 10.1. The Morgan fingerprint density at radius 2 is 1.81 bits per heavy atom. The van der Waals surface area contributed by atoms with Crippen molar-refractivity contribution in [2.45, 2.75) is 19.8 Å². The maximum Gasteiger partial charge on any atom is 0.224 e. The van der Waals surface area contributed by atoms with Crippen LogP contribution in [0.15, 0.2) is 73.7 Å². The number of H-pyrrole nitrogens is 2. The molecule has 3 N–H and O–H groups in total. The predicted octanol–water partition coefficient (Wildman–Crippen LogP) is 5.36. The Bertz CT molecular complexity index is 1700. The summed E-state index contributed by atoms with van der Waals surface area (Å²) in [7, 11) is 0. The second-order valence-electron chi connectivity index (χ2n) is 8.52. The topological polar surface area (TPSA) is 125 Å². The molecule has 36 heavy (non-hydrogen) atoms. The molecule has 0 atom stereocenters. The van der Waals surface area contributed by atoms with E-state index in [0.717, 1.165) is 62.0 Å². The lowest BCUT2D eigenvalue weighted by Gasteiger charge is -2.06. The van der Waals surface area contributed by atoms with Crippen molar-refractivity contribution in [2.24, 2.45) is 0 Å². The van der Waals surface area contributed by atoms with E-state index in [1.807, 2.05) is 49.8 Å². The highest BCUT2D eigenvalue weighted by Crippen LogP contribution is 2.34. The van der Waals surface area contributed by atoms with Gasteiger partial charge in [0, 0.05) is 58.7 Å². The Balaban J connectivity index is 1.40. The van der Waals surface area contributed by atoms with Gasteiger partial charge >= 0.3 is 0 Å². The Kier molecular flexibility index (Phi) is 5.42. The highest BCUT2D eigenvalue weighted by molar-refractivity contribution is 6.01. The Hall–Kier alpha value is -4.92. The summed E-state index contributed by atoms with van der Waals surface area (Å²) in [5, 5.41) is 12.5. The largest absolute Gasteiger partial charge is 0.352 e. The number of hydrogen-bond donors (Lipinski definition) is 3. The zero-order valence-electron chi connectivity index (χ0n) is 19.5. The van der Waals surface area contributed by atoms with Crippen molar-refractivity contribution < 1.29 is 4.79 Å². The van der Waals surface area contributed by atoms with Gasteiger partial charge in [0.15, 0.2) is 0 Å². The summed E-state index contributed by atoms with van der Waals surface area (Å²) >= 11 is 0. The normalized spacial score (nSPS) is 11.2. The molecule has 6 rings (SSSR count). The van der Waals surface area contributed by atoms with Gasteiger partial charge in [0.05, 0.1) is 46.7 Å². The van der Waals surface area contributed by atoms with E-state index in [1.165, 1.54) is 0 Å². The zero-order valence-corrected chi connectivity index (χ0v) is 19.5. The summed E-state index contributed by atoms with van der Waals surface area (Å²) < 4.78 is 0. The van der Waals surface area contributed by atoms with E-state index in [2.05, 4.69) is 46.5 Å². The van der Waals surface area contributed by atoms with Gasteiger partial charge in [-0.3, -0.25) is 29.8 Å². The number of rotatable bonds is 6. The van der Waals surface area contributed by atoms with E-state index in [4.69, 9.17) is 0 Å². The monoisotopic (exact) mass is 474 g/mol. The minimum Gasteiger partial charge on any atom is -0.352 e. The van der Waals surface area contributed by atoms with Gasteiger partial charge in [0.1, 0.15) is 5.69 Å². The number of amides is 1. The first kappa shape index (κ1) is 21.6. The lowest BCUT2D eigenvalue weighted by molar-refractivity contribution is -0.116. The van der Waals surface area contributed by atoms with Gasteiger partial charge in [-0.1, -0.05) is 13.0 Å². The number of pyridine rings is 4. The smallest absolute Gasteiger partial charge is 0.224 e. The number of anilines is 1. The first-order chi connectivity index (χ1) is 17.7. The molecule has 0 saturated heterocycles. The summed E-state index contributed by atoms with van der Waals surface area (Å²) in [4.78, 5) is 33.0. The summed E-state index contributed by atoms with van der Waals surface area (Å²) in [6.45, 7) is 1.97. The van der Waals surface area contributed by atoms with E-state index < -0.39 is 0 Å². The molecule has 0 aliphatic carbocycles. The average molecular weight is 475 g/mol. The van der Waals surface area contributed by atoms with Crippen LogP contribution in [-0.4, -0.2) is 41.0 Å². The molecule has 0 fully saturated rings. The van der Waals surface area contributed by atoms with Crippen molar-refractivity contribution >= 4 is 33.4 Å². The Labute approximate surface area is 206 Å². The highest BCUT2D eigenvalue weighted by Gasteiger charge is 2.15.